The second kappa shape index (κ2) is 7.07. The minimum absolute atomic E-state index is 0.0814. The van der Waals surface area contributed by atoms with Crippen molar-refractivity contribution in [3.8, 4) is 0 Å². The number of rotatable bonds is 8. The quantitative estimate of drug-likeness (QED) is 0.687. The first-order chi connectivity index (χ1) is 10.0. The molecule has 1 aliphatic heterocycles. The van der Waals surface area contributed by atoms with E-state index in [0.717, 1.165) is 38.9 Å². The Morgan fingerprint density at radius 1 is 1.38 bits per heavy atom. The highest BCUT2D eigenvalue weighted by Crippen LogP contribution is 2.41. The molecule has 2 unspecified atom stereocenters. The molecule has 1 N–H and O–H groups in total. The molecule has 5 nitrogen and oxygen atoms in total. The van der Waals surface area contributed by atoms with E-state index in [4.69, 9.17) is 9.47 Å². The maximum absolute atomic E-state index is 12.7. The monoisotopic (exact) mass is 298 g/mol. The molecule has 1 saturated heterocycles. The lowest BCUT2D eigenvalue weighted by Gasteiger charge is -2.37. The fraction of sp³-hybridized carbons (Fsp3) is 0.938. The second-order valence-electron chi connectivity index (χ2n) is 6.65. The molecule has 0 radical (unpaired) electrons. The Hall–Kier alpha value is -0.650. The van der Waals surface area contributed by atoms with Crippen LogP contribution in [0.25, 0.3) is 0 Å². The Morgan fingerprint density at radius 3 is 2.57 bits per heavy atom. The standard InChI is InChI=1S/C16H30N2O3/c1-5-21-15(19)16(13-6-7-13,17-12(2)3)11-18-9-8-14(10-18)20-4/h12-14,17H,5-11H2,1-4H3. The van der Waals surface area contributed by atoms with Gasteiger partial charge in [0.1, 0.15) is 5.54 Å². The largest absolute Gasteiger partial charge is 0.465 e. The van der Waals surface area contributed by atoms with Crippen molar-refractivity contribution in [3.63, 3.8) is 0 Å². The Labute approximate surface area is 128 Å². The van der Waals surface area contributed by atoms with E-state index in [1.165, 1.54) is 0 Å². The highest BCUT2D eigenvalue weighted by atomic mass is 16.5. The number of esters is 1. The van der Waals surface area contributed by atoms with E-state index in [0.29, 0.717) is 18.6 Å². The lowest BCUT2D eigenvalue weighted by molar-refractivity contribution is -0.153. The first-order valence-electron chi connectivity index (χ1n) is 8.22. The molecule has 122 valence electrons. The van der Waals surface area contributed by atoms with Crippen LogP contribution in [0, 0.1) is 5.92 Å². The van der Waals surface area contributed by atoms with Gasteiger partial charge in [-0.25, -0.2) is 4.79 Å². The third-order valence-electron chi connectivity index (χ3n) is 4.50. The summed E-state index contributed by atoms with van der Waals surface area (Å²) in [6.45, 7) is 9.14. The number of hydrogen-bond acceptors (Lipinski definition) is 5. The molecule has 0 aromatic rings. The Balaban J connectivity index is 2.12. The van der Waals surface area contributed by atoms with Crippen molar-refractivity contribution >= 4 is 5.97 Å². The zero-order valence-corrected chi connectivity index (χ0v) is 13.9. The minimum Gasteiger partial charge on any atom is -0.465 e. The van der Waals surface area contributed by atoms with Gasteiger partial charge < -0.3 is 9.47 Å². The summed E-state index contributed by atoms with van der Waals surface area (Å²) in [6, 6.07) is 0.260. The Bertz CT molecular complexity index is 357. The molecule has 5 heteroatoms. The zero-order chi connectivity index (χ0) is 15.5. The fourth-order valence-electron chi connectivity index (χ4n) is 3.42. The van der Waals surface area contributed by atoms with E-state index in [-0.39, 0.29) is 12.0 Å². The number of hydrogen-bond donors (Lipinski definition) is 1. The molecular formula is C16H30N2O3. The maximum Gasteiger partial charge on any atom is 0.327 e. The molecule has 1 saturated carbocycles. The van der Waals surface area contributed by atoms with Crippen LogP contribution in [0.1, 0.15) is 40.0 Å². The molecule has 2 atom stereocenters. The van der Waals surface area contributed by atoms with Gasteiger partial charge in [-0.15, -0.1) is 0 Å². The smallest absolute Gasteiger partial charge is 0.327 e. The molecule has 2 aliphatic rings. The molecule has 0 amide bonds. The summed E-state index contributed by atoms with van der Waals surface area (Å²) < 4.78 is 10.9. The number of ether oxygens (including phenoxy) is 2. The SMILES string of the molecule is CCOC(=O)C(CN1CCC(OC)C1)(NC(C)C)C1CC1. The van der Waals surface area contributed by atoms with Crippen molar-refractivity contribution < 1.29 is 14.3 Å². The van der Waals surface area contributed by atoms with Gasteiger partial charge in [0.2, 0.25) is 0 Å². The normalized spacial score (nSPS) is 26.0. The molecule has 1 aliphatic carbocycles. The predicted molar refractivity (Wildman–Crippen MR) is 82.2 cm³/mol. The van der Waals surface area contributed by atoms with Crippen molar-refractivity contribution in [2.45, 2.75) is 57.7 Å². The molecule has 0 aromatic heterocycles. The summed E-state index contributed by atoms with van der Waals surface area (Å²) in [5.74, 6) is 0.322. The number of carbonyl (C=O) groups is 1. The number of nitrogens with one attached hydrogen (secondary N) is 1. The molecular weight excluding hydrogens is 268 g/mol. The van der Waals surface area contributed by atoms with E-state index < -0.39 is 5.54 Å². The number of likely N-dealkylation sites (tertiary alicyclic amines) is 1. The van der Waals surface area contributed by atoms with Crippen LogP contribution in [0.4, 0.5) is 0 Å². The molecule has 21 heavy (non-hydrogen) atoms. The number of nitrogens with zero attached hydrogens (tertiary/aromatic N) is 1. The van der Waals surface area contributed by atoms with Crippen LogP contribution in [0.5, 0.6) is 0 Å². The highest BCUT2D eigenvalue weighted by molar-refractivity contribution is 5.82. The third kappa shape index (κ3) is 3.96. The third-order valence-corrected chi connectivity index (χ3v) is 4.50. The molecule has 0 aromatic carbocycles. The van der Waals surface area contributed by atoms with Gasteiger partial charge in [0, 0.05) is 32.8 Å². The van der Waals surface area contributed by atoms with E-state index in [1.54, 1.807) is 7.11 Å². The van der Waals surface area contributed by atoms with Crippen LogP contribution in [0.3, 0.4) is 0 Å². The topological polar surface area (TPSA) is 50.8 Å². The van der Waals surface area contributed by atoms with Crippen molar-refractivity contribution in [1.82, 2.24) is 10.2 Å². The first kappa shape index (κ1) is 16.7. The van der Waals surface area contributed by atoms with Gasteiger partial charge in [-0.05, 0) is 46.0 Å². The van der Waals surface area contributed by atoms with Gasteiger partial charge in [-0.1, -0.05) is 0 Å². The average Bonchev–Trinajstić information content (AvgIpc) is 3.19. The van der Waals surface area contributed by atoms with Gasteiger partial charge in [0.15, 0.2) is 0 Å². The molecule has 2 rings (SSSR count). The van der Waals surface area contributed by atoms with Crippen LogP contribution in [0.2, 0.25) is 0 Å². The van der Waals surface area contributed by atoms with E-state index in [9.17, 15) is 4.79 Å². The molecule has 0 spiro atoms. The predicted octanol–water partition coefficient (Wildman–Crippen LogP) is 1.42. The lowest BCUT2D eigenvalue weighted by Crippen LogP contribution is -2.63. The van der Waals surface area contributed by atoms with Gasteiger partial charge in [-0.2, -0.15) is 0 Å². The fourth-order valence-corrected chi connectivity index (χ4v) is 3.42. The van der Waals surface area contributed by atoms with Crippen molar-refractivity contribution in [2.24, 2.45) is 5.92 Å². The summed E-state index contributed by atoms with van der Waals surface area (Å²) in [6.07, 6.45) is 3.56. The van der Waals surface area contributed by atoms with Crippen molar-refractivity contribution in [1.29, 1.82) is 0 Å². The van der Waals surface area contributed by atoms with Crippen LogP contribution in [-0.2, 0) is 14.3 Å². The average molecular weight is 298 g/mol. The molecule has 2 fully saturated rings. The van der Waals surface area contributed by atoms with Crippen LogP contribution >= 0.6 is 0 Å². The highest BCUT2D eigenvalue weighted by Gasteiger charge is 2.53. The van der Waals surface area contributed by atoms with Crippen LogP contribution < -0.4 is 5.32 Å². The summed E-state index contributed by atoms with van der Waals surface area (Å²) in [7, 11) is 1.76. The van der Waals surface area contributed by atoms with Gasteiger partial charge in [0.05, 0.1) is 12.7 Å². The maximum atomic E-state index is 12.7. The Morgan fingerprint density at radius 2 is 2.10 bits per heavy atom. The van der Waals surface area contributed by atoms with E-state index in [1.807, 2.05) is 6.92 Å². The summed E-state index contributed by atoms with van der Waals surface area (Å²) in [5, 5.41) is 3.54. The van der Waals surface area contributed by atoms with Gasteiger partial charge in [-0.3, -0.25) is 10.2 Å². The second-order valence-corrected chi connectivity index (χ2v) is 6.65. The van der Waals surface area contributed by atoms with Crippen molar-refractivity contribution in [3.05, 3.63) is 0 Å². The number of methoxy groups -OCH3 is 1. The van der Waals surface area contributed by atoms with Crippen LogP contribution in [0.15, 0.2) is 0 Å². The summed E-state index contributed by atoms with van der Waals surface area (Å²) in [4.78, 5) is 15.0. The minimum atomic E-state index is -0.549. The van der Waals surface area contributed by atoms with Gasteiger partial charge in [0.25, 0.3) is 0 Å². The molecule has 1 heterocycles. The van der Waals surface area contributed by atoms with Crippen LogP contribution in [-0.4, -0.2) is 61.9 Å². The molecule has 0 bridgehead atoms. The summed E-state index contributed by atoms with van der Waals surface area (Å²) in [5.41, 5.74) is -0.549. The Kier molecular flexibility index (Phi) is 5.63. The zero-order valence-electron chi connectivity index (χ0n) is 13.9. The lowest BCUT2D eigenvalue weighted by atomic mass is 9.91. The first-order valence-corrected chi connectivity index (χ1v) is 8.22. The number of carbonyl (C=O) groups excluding carboxylic acids is 1. The van der Waals surface area contributed by atoms with E-state index in [2.05, 4.69) is 24.1 Å². The summed E-state index contributed by atoms with van der Waals surface area (Å²) >= 11 is 0. The van der Waals surface area contributed by atoms with Gasteiger partial charge >= 0.3 is 5.97 Å². The van der Waals surface area contributed by atoms with E-state index >= 15 is 0 Å². The van der Waals surface area contributed by atoms with Crippen molar-refractivity contribution in [2.75, 3.05) is 33.4 Å².